The van der Waals surface area contributed by atoms with Gasteiger partial charge in [0, 0.05) is 27.6 Å². The fourth-order valence-corrected chi connectivity index (χ4v) is 4.42. The number of hydrogen-bond donors (Lipinski definition) is 2. The zero-order valence-corrected chi connectivity index (χ0v) is 18.9. The summed E-state index contributed by atoms with van der Waals surface area (Å²) in [5.41, 5.74) is 11.1. The van der Waals surface area contributed by atoms with Crippen LogP contribution in [0.5, 0.6) is 0 Å². The van der Waals surface area contributed by atoms with Crippen molar-refractivity contribution in [2.24, 2.45) is 0 Å². The van der Waals surface area contributed by atoms with Gasteiger partial charge in [-0.2, -0.15) is 0 Å². The van der Waals surface area contributed by atoms with Gasteiger partial charge in [0.15, 0.2) is 0 Å². The summed E-state index contributed by atoms with van der Waals surface area (Å²) in [6, 6.07) is 12.9. The molecule has 3 aromatic rings. The van der Waals surface area contributed by atoms with Crippen molar-refractivity contribution in [3.8, 4) is 0 Å². The van der Waals surface area contributed by atoms with E-state index in [0.717, 1.165) is 65.9 Å². The second kappa shape index (κ2) is 8.99. The van der Waals surface area contributed by atoms with Gasteiger partial charge in [-0.1, -0.05) is 26.7 Å². The van der Waals surface area contributed by atoms with Gasteiger partial charge in [-0.05, 0) is 91.9 Å². The minimum absolute atomic E-state index is 0.977. The van der Waals surface area contributed by atoms with E-state index < -0.39 is 0 Å². The minimum atomic E-state index is 0.977. The van der Waals surface area contributed by atoms with E-state index in [-0.39, 0.29) is 0 Å². The molecule has 8 bridgehead atoms. The van der Waals surface area contributed by atoms with Crippen molar-refractivity contribution in [1.82, 2.24) is 19.9 Å². The van der Waals surface area contributed by atoms with E-state index in [0.29, 0.717) is 0 Å². The van der Waals surface area contributed by atoms with E-state index in [2.05, 4.69) is 84.5 Å². The molecule has 0 fully saturated rings. The highest BCUT2D eigenvalue weighted by atomic mass is 14.8. The van der Waals surface area contributed by atoms with Crippen LogP contribution in [0.25, 0.3) is 46.4 Å². The predicted octanol–water partition coefficient (Wildman–Crippen LogP) is 7.34. The van der Waals surface area contributed by atoms with Gasteiger partial charge in [0.05, 0.1) is 22.8 Å². The highest BCUT2D eigenvalue weighted by Gasteiger charge is 2.12. The normalized spacial score (nSPS) is 12.6. The van der Waals surface area contributed by atoms with Gasteiger partial charge >= 0.3 is 0 Å². The van der Waals surface area contributed by atoms with E-state index in [1.54, 1.807) is 0 Å². The highest BCUT2D eigenvalue weighted by molar-refractivity contribution is 5.80. The molecular weight excluding hydrogens is 392 g/mol. The smallest absolute Gasteiger partial charge is 0.0691 e. The number of aromatic nitrogens is 4. The molecular formula is C28H30N4. The molecule has 4 nitrogen and oxygen atoms in total. The first kappa shape index (κ1) is 20.5. The van der Waals surface area contributed by atoms with Crippen LogP contribution in [0.1, 0.15) is 73.4 Å². The molecule has 3 aromatic heterocycles. The second-order valence-corrected chi connectivity index (χ2v) is 8.62. The standard InChI is InChI=1S/C28H30N4/c1-3-5-7-23-25-13-9-19(29-25)17-21-11-15-27(31-21)24(8-6-4-2)28-16-12-22(32-28)18-20-10-14-26(23)30-20/h9-18,29-30H,3-8H2,1-2H3. The largest absolute Gasteiger partial charge is 0.355 e. The summed E-state index contributed by atoms with van der Waals surface area (Å²) in [4.78, 5) is 17.1. The summed E-state index contributed by atoms with van der Waals surface area (Å²) >= 11 is 0. The maximum absolute atomic E-state index is 4.95. The minimum Gasteiger partial charge on any atom is -0.355 e. The quantitative estimate of drug-likeness (QED) is 0.301. The Labute approximate surface area is 189 Å². The van der Waals surface area contributed by atoms with E-state index in [9.17, 15) is 0 Å². The van der Waals surface area contributed by atoms with Crippen LogP contribution in [0.3, 0.4) is 0 Å². The van der Waals surface area contributed by atoms with Gasteiger partial charge in [0.2, 0.25) is 0 Å². The van der Waals surface area contributed by atoms with Crippen molar-refractivity contribution >= 4 is 46.4 Å². The summed E-state index contributed by atoms with van der Waals surface area (Å²) in [5, 5.41) is 0. The number of nitrogens with zero attached hydrogens (tertiary/aromatic N) is 2. The number of aryl methyl sites for hydroxylation is 1. The SMILES string of the molecule is CCCCc1c2nc(cc3ccc([nH]3)c(CCCC)c3ccc(cc4nc1C=C4)[nH]3)C=C2. The number of unbranched alkanes of at least 4 members (excludes halogenated alkanes) is 2. The summed E-state index contributed by atoms with van der Waals surface area (Å²) in [6.45, 7) is 4.46. The van der Waals surface area contributed by atoms with Crippen LogP contribution in [-0.2, 0) is 12.8 Å². The van der Waals surface area contributed by atoms with Crippen molar-refractivity contribution in [2.75, 3.05) is 0 Å². The Balaban J connectivity index is 1.80. The third-order valence-electron chi connectivity index (χ3n) is 6.18. The second-order valence-electron chi connectivity index (χ2n) is 8.62. The van der Waals surface area contributed by atoms with Crippen LogP contribution in [0.2, 0.25) is 0 Å². The summed E-state index contributed by atoms with van der Waals surface area (Å²) in [6.07, 6.45) is 15.1. The first-order valence-corrected chi connectivity index (χ1v) is 11.8. The number of aromatic amines is 2. The van der Waals surface area contributed by atoms with Crippen LogP contribution >= 0.6 is 0 Å². The third-order valence-corrected chi connectivity index (χ3v) is 6.18. The van der Waals surface area contributed by atoms with Crippen LogP contribution in [0, 0.1) is 0 Å². The van der Waals surface area contributed by atoms with Gasteiger partial charge in [-0.3, -0.25) is 0 Å². The van der Waals surface area contributed by atoms with Crippen molar-refractivity contribution in [3.05, 3.63) is 70.3 Å². The monoisotopic (exact) mass is 422 g/mol. The van der Waals surface area contributed by atoms with Gasteiger partial charge < -0.3 is 9.97 Å². The molecule has 2 aliphatic rings. The third kappa shape index (κ3) is 4.18. The van der Waals surface area contributed by atoms with Gasteiger partial charge in [0.25, 0.3) is 0 Å². The predicted molar refractivity (Wildman–Crippen MR) is 136 cm³/mol. The van der Waals surface area contributed by atoms with Gasteiger partial charge in [-0.25, -0.2) is 9.97 Å². The Kier molecular flexibility index (Phi) is 5.76. The fraction of sp³-hybridized carbons (Fsp3) is 0.286. The molecule has 5 rings (SSSR count). The lowest BCUT2D eigenvalue weighted by molar-refractivity contribution is 0.788. The highest BCUT2D eigenvalue weighted by Crippen LogP contribution is 2.25. The van der Waals surface area contributed by atoms with Gasteiger partial charge in [0.1, 0.15) is 0 Å². The van der Waals surface area contributed by atoms with E-state index >= 15 is 0 Å². The maximum Gasteiger partial charge on any atom is 0.0691 e. The summed E-state index contributed by atoms with van der Waals surface area (Å²) in [5.74, 6) is 0. The Bertz CT molecular complexity index is 1260. The molecule has 2 N–H and O–H groups in total. The lowest BCUT2D eigenvalue weighted by Gasteiger charge is -2.02. The molecule has 0 aromatic carbocycles. The molecule has 4 heteroatoms. The lowest BCUT2D eigenvalue weighted by Crippen LogP contribution is -1.94. The number of hydrogen-bond acceptors (Lipinski definition) is 2. The molecule has 0 spiro atoms. The number of fused-ring (bicyclic) bond motifs is 8. The van der Waals surface area contributed by atoms with E-state index in [1.165, 1.54) is 28.6 Å². The molecule has 0 aliphatic carbocycles. The van der Waals surface area contributed by atoms with Crippen molar-refractivity contribution < 1.29 is 0 Å². The molecule has 5 heterocycles. The van der Waals surface area contributed by atoms with E-state index in [4.69, 9.17) is 9.97 Å². The van der Waals surface area contributed by atoms with Crippen molar-refractivity contribution in [1.29, 1.82) is 0 Å². The molecule has 0 amide bonds. The molecule has 0 unspecified atom stereocenters. The summed E-state index contributed by atoms with van der Waals surface area (Å²) < 4.78 is 0. The van der Waals surface area contributed by atoms with Crippen LogP contribution < -0.4 is 0 Å². The lowest BCUT2D eigenvalue weighted by atomic mass is 10.1. The zero-order chi connectivity index (χ0) is 21.9. The Morgan fingerprint density at radius 1 is 0.625 bits per heavy atom. The summed E-state index contributed by atoms with van der Waals surface area (Å²) in [7, 11) is 0. The molecule has 162 valence electrons. The molecule has 32 heavy (non-hydrogen) atoms. The Hall–Kier alpha value is -3.40. The first-order valence-electron chi connectivity index (χ1n) is 11.8. The van der Waals surface area contributed by atoms with Crippen LogP contribution in [0.4, 0.5) is 0 Å². The Morgan fingerprint density at radius 2 is 1.12 bits per heavy atom. The molecule has 0 saturated carbocycles. The Morgan fingerprint density at radius 3 is 1.62 bits per heavy atom. The van der Waals surface area contributed by atoms with Crippen LogP contribution in [0.15, 0.2) is 36.4 Å². The van der Waals surface area contributed by atoms with Gasteiger partial charge in [-0.15, -0.1) is 0 Å². The number of rotatable bonds is 6. The molecule has 2 aliphatic heterocycles. The average molecular weight is 423 g/mol. The maximum atomic E-state index is 4.95. The number of nitrogens with one attached hydrogen (secondary N) is 2. The fourth-order valence-electron chi connectivity index (χ4n) is 4.42. The van der Waals surface area contributed by atoms with Crippen LogP contribution in [-0.4, -0.2) is 19.9 Å². The molecule has 0 radical (unpaired) electrons. The zero-order valence-electron chi connectivity index (χ0n) is 18.9. The van der Waals surface area contributed by atoms with Crippen molar-refractivity contribution in [2.45, 2.75) is 52.4 Å². The average Bonchev–Trinajstić information content (AvgIpc) is 3.58. The van der Waals surface area contributed by atoms with E-state index in [1.807, 2.05) is 0 Å². The molecule has 0 saturated heterocycles. The topological polar surface area (TPSA) is 57.4 Å². The number of H-pyrrole nitrogens is 2. The molecule has 0 atom stereocenters. The van der Waals surface area contributed by atoms with Crippen molar-refractivity contribution in [3.63, 3.8) is 0 Å². The first-order chi connectivity index (χ1) is 15.7.